The molecular formula is C21H18IN3O. The van der Waals surface area contributed by atoms with Gasteiger partial charge in [-0.2, -0.15) is 0 Å². The summed E-state index contributed by atoms with van der Waals surface area (Å²) in [5.74, 6) is 0.649. The molecule has 4 aromatic rings. The van der Waals surface area contributed by atoms with Gasteiger partial charge in [0.1, 0.15) is 5.82 Å². The molecule has 0 N–H and O–H groups in total. The smallest absolute Gasteiger partial charge is 0.261 e. The van der Waals surface area contributed by atoms with Gasteiger partial charge in [0.15, 0.2) is 0 Å². The van der Waals surface area contributed by atoms with Crippen LogP contribution in [0.5, 0.6) is 0 Å². The van der Waals surface area contributed by atoms with E-state index in [4.69, 9.17) is 0 Å². The van der Waals surface area contributed by atoms with E-state index >= 15 is 0 Å². The normalized spacial score (nSPS) is 11.8. The fourth-order valence-electron chi connectivity index (χ4n) is 3.33. The molecule has 0 amide bonds. The van der Waals surface area contributed by atoms with Crippen LogP contribution in [0.4, 0.5) is 0 Å². The predicted molar refractivity (Wildman–Crippen MR) is 116 cm³/mol. The maximum atomic E-state index is 12.7. The minimum Gasteiger partial charge on any atom is -0.347 e. The Hall–Kier alpha value is -2.41. The summed E-state index contributed by atoms with van der Waals surface area (Å²) >= 11 is 2.21. The summed E-state index contributed by atoms with van der Waals surface area (Å²) < 4.78 is 4.82. The van der Waals surface area contributed by atoms with Crippen molar-refractivity contribution in [2.75, 3.05) is 0 Å². The minimum atomic E-state index is -0.0252. The van der Waals surface area contributed by atoms with Crippen LogP contribution >= 0.6 is 22.6 Å². The molecule has 0 saturated carbocycles. The summed E-state index contributed by atoms with van der Waals surface area (Å²) in [6.45, 7) is 2.11. The number of para-hydroxylation sites is 1. The van der Waals surface area contributed by atoms with Gasteiger partial charge in [0, 0.05) is 39.8 Å². The summed E-state index contributed by atoms with van der Waals surface area (Å²) in [5, 5.41) is 1.85. The highest BCUT2D eigenvalue weighted by atomic mass is 127. The molecule has 0 aliphatic heterocycles. The zero-order chi connectivity index (χ0) is 18.4. The predicted octanol–water partition coefficient (Wildman–Crippen LogP) is 4.51. The average Bonchev–Trinajstić information content (AvgIpc) is 2.89. The van der Waals surface area contributed by atoms with E-state index in [0.717, 1.165) is 14.7 Å². The van der Waals surface area contributed by atoms with Gasteiger partial charge in [-0.25, -0.2) is 4.98 Å². The van der Waals surface area contributed by atoms with Crippen LogP contribution in [0.3, 0.4) is 0 Å². The standard InChI is InChI=1S/C21H18IN3O/c1-13-15(16-6-4-5-7-19(16)24(13)2)9-11-20-23-18-10-8-14(22)12-17(18)21(26)25(20)3/h4-12H,1-3H3. The SMILES string of the molecule is Cc1c(C=Cc2nc3ccc(I)cc3c(=O)n2C)c2ccccc2n1C. The van der Waals surface area contributed by atoms with Crippen LogP contribution in [0.1, 0.15) is 17.1 Å². The molecule has 0 saturated heterocycles. The second-order valence-corrected chi connectivity index (χ2v) is 7.65. The first-order valence-electron chi connectivity index (χ1n) is 8.36. The zero-order valence-corrected chi connectivity index (χ0v) is 17.0. The Labute approximate surface area is 164 Å². The minimum absolute atomic E-state index is 0.0252. The van der Waals surface area contributed by atoms with Crippen molar-refractivity contribution in [1.29, 1.82) is 0 Å². The Bertz CT molecular complexity index is 1250. The lowest BCUT2D eigenvalue weighted by atomic mass is 10.1. The van der Waals surface area contributed by atoms with Crippen LogP contribution in [0.2, 0.25) is 0 Å². The van der Waals surface area contributed by atoms with Gasteiger partial charge in [-0.1, -0.05) is 18.2 Å². The lowest BCUT2D eigenvalue weighted by molar-refractivity contribution is 0.828. The molecule has 2 aromatic carbocycles. The number of rotatable bonds is 2. The van der Waals surface area contributed by atoms with Crippen molar-refractivity contribution in [1.82, 2.24) is 14.1 Å². The molecule has 0 fully saturated rings. The van der Waals surface area contributed by atoms with E-state index in [9.17, 15) is 4.79 Å². The van der Waals surface area contributed by atoms with Gasteiger partial charge in [-0.05, 0) is 65.9 Å². The molecule has 26 heavy (non-hydrogen) atoms. The average molecular weight is 455 g/mol. The fourth-order valence-corrected chi connectivity index (χ4v) is 3.82. The van der Waals surface area contributed by atoms with Crippen molar-refractivity contribution < 1.29 is 0 Å². The van der Waals surface area contributed by atoms with Crippen molar-refractivity contribution in [3.05, 3.63) is 73.5 Å². The largest absolute Gasteiger partial charge is 0.347 e. The van der Waals surface area contributed by atoms with Crippen molar-refractivity contribution in [2.45, 2.75) is 6.92 Å². The molecular weight excluding hydrogens is 437 g/mol. The lowest BCUT2D eigenvalue weighted by Gasteiger charge is -2.06. The fraction of sp³-hybridized carbons (Fsp3) is 0.143. The number of aryl methyl sites for hydroxylation is 1. The Morgan fingerprint density at radius 2 is 1.77 bits per heavy atom. The molecule has 0 aliphatic rings. The number of fused-ring (bicyclic) bond motifs is 2. The molecule has 0 atom stereocenters. The number of hydrogen-bond donors (Lipinski definition) is 0. The monoisotopic (exact) mass is 455 g/mol. The molecule has 0 radical (unpaired) electrons. The molecule has 0 bridgehead atoms. The number of hydrogen-bond acceptors (Lipinski definition) is 2. The third-order valence-electron chi connectivity index (χ3n) is 4.92. The second kappa shape index (κ2) is 6.39. The molecule has 130 valence electrons. The molecule has 0 unspecified atom stereocenters. The summed E-state index contributed by atoms with van der Waals surface area (Å²) in [4.78, 5) is 17.4. The maximum Gasteiger partial charge on any atom is 0.261 e. The van der Waals surface area contributed by atoms with Crippen LogP contribution in [-0.2, 0) is 14.1 Å². The first-order chi connectivity index (χ1) is 12.5. The van der Waals surface area contributed by atoms with Crippen molar-refractivity contribution in [2.24, 2.45) is 14.1 Å². The Morgan fingerprint density at radius 3 is 2.58 bits per heavy atom. The summed E-state index contributed by atoms with van der Waals surface area (Å²) in [7, 11) is 3.84. The molecule has 5 heteroatoms. The number of nitrogens with zero attached hydrogens (tertiary/aromatic N) is 3. The zero-order valence-electron chi connectivity index (χ0n) is 14.8. The van der Waals surface area contributed by atoms with E-state index < -0.39 is 0 Å². The molecule has 2 heterocycles. The van der Waals surface area contributed by atoms with Gasteiger partial charge in [0.2, 0.25) is 0 Å². The van der Waals surface area contributed by atoms with Crippen molar-refractivity contribution >= 4 is 56.5 Å². The topological polar surface area (TPSA) is 39.8 Å². The van der Waals surface area contributed by atoms with E-state index in [0.29, 0.717) is 11.2 Å². The number of benzene rings is 2. The third kappa shape index (κ3) is 2.67. The Balaban J connectivity index is 1.88. The van der Waals surface area contributed by atoms with Crippen LogP contribution in [-0.4, -0.2) is 14.1 Å². The lowest BCUT2D eigenvalue weighted by Crippen LogP contribution is -2.20. The van der Waals surface area contributed by atoms with Gasteiger partial charge in [0.05, 0.1) is 10.9 Å². The van der Waals surface area contributed by atoms with Crippen molar-refractivity contribution in [3.63, 3.8) is 0 Å². The van der Waals surface area contributed by atoms with Gasteiger partial charge in [-0.3, -0.25) is 9.36 Å². The van der Waals surface area contributed by atoms with Crippen LogP contribution in [0.25, 0.3) is 34.0 Å². The van der Waals surface area contributed by atoms with Gasteiger partial charge >= 0.3 is 0 Å². The molecule has 0 spiro atoms. The first-order valence-corrected chi connectivity index (χ1v) is 9.43. The van der Waals surface area contributed by atoms with Crippen LogP contribution in [0, 0.1) is 10.5 Å². The molecule has 4 rings (SSSR count). The highest BCUT2D eigenvalue weighted by Gasteiger charge is 2.10. The first kappa shape index (κ1) is 17.0. The van der Waals surface area contributed by atoms with Gasteiger partial charge in [0.25, 0.3) is 5.56 Å². The highest BCUT2D eigenvalue weighted by molar-refractivity contribution is 14.1. The second-order valence-electron chi connectivity index (χ2n) is 6.40. The molecule has 0 aliphatic carbocycles. The van der Waals surface area contributed by atoms with E-state index in [1.54, 1.807) is 11.6 Å². The number of halogens is 1. The van der Waals surface area contributed by atoms with Gasteiger partial charge < -0.3 is 4.57 Å². The van der Waals surface area contributed by atoms with Gasteiger partial charge in [-0.15, -0.1) is 0 Å². The van der Waals surface area contributed by atoms with Crippen LogP contribution < -0.4 is 5.56 Å². The highest BCUT2D eigenvalue weighted by Crippen LogP contribution is 2.26. The third-order valence-corrected chi connectivity index (χ3v) is 5.59. The van der Waals surface area contributed by atoms with E-state index in [-0.39, 0.29) is 5.56 Å². The molecule has 4 nitrogen and oxygen atoms in total. The Kier molecular flexibility index (Phi) is 4.19. The summed E-state index contributed by atoms with van der Waals surface area (Å²) in [6, 6.07) is 14.1. The molecule has 2 aromatic heterocycles. The van der Waals surface area contributed by atoms with Crippen LogP contribution in [0.15, 0.2) is 47.3 Å². The maximum absolute atomic E-state index is 12.7. The Morgan fingerprint density at radius 1 is 1.00 bits per heavy atom. The summed E-state index contributed by atoms with van der Waals surface area (Å²) in [5.41, 5.74) is 4.23. The van der Waals surface area contributed by atoms with E-state index in [2.05, 4.69) is 64.3 Å². The van der Waals surface area contributed by atoms with Crippen molar-refractivity contribution in [3.8, 4) is 0 Å². The van der Waals surface area contributed by atoms with E-state index in [1.807, 2.05) is 36.4 Å². The summed E-state index contributed by atoms with van der Waals surface area (Å²) in [6.07, 6.45) is 3.98. The van der Waals surface area contributed by atoms with E-state index in [1.165, 1.54) is 16.6 Å². The quantitative estimate of drug-likeness (QED) is 0.418. The number of aromatic nitrogens is 3.